The molecule has 0 aromatic heterocycles. The maximum Gasteiger partial charge on any atom is 0.342 e. The average molecular weight is 186 g/mol. The van der Waals surface area contributed by atoms with E-state index in [0.717, 1.165) is 6.08 Å². The van der Waals surface area contributed by atoms with Crippen LogP contribution in [0, 0.1) is 0 Å². The van der Waals surface area contributed by atoms with Crippen LogP contribution in [0.2, 0.25) is 0 Å². The number of carbonyl (C=O) groups is 3. The van der Waals surface area contributed by atoms with Gasteiger partial charge in [0.25, 0.3) is 0 Å². The number of rotatable bonds is 2. The first-order valence-electron chi connectivity index (χ1n) is 3.78. The lowest BCUT2D eigenvalue weighted by Gasteiger charge is -1.90. The highest BCUT2D eigenvalue weighted by atomic mass is 16.6. The first-order valence-corrected chi connectivity index (χ1v) is 3.78. The molecule has 0 radical (unpaired) electrons. The Morgan fingerprint density at radius 2 is 2.00 bits per heavy atom. The van der Waals surface area contributed by atoms with Gasteiger partial charge in [-0.1, -0.05) is 13.8 Å². The van der Waals surface area contributed by atoms with Gasteiger partial charge in [0.2, 0.25) is 0 Å². The number of esters is 2. The second-order valence-corrected chi connectivity index (χ2v) is 1.95. The third-order valence-electron chi connectivity index (χ3n) is 1.09. The molecule has 0 bridgehead atoms. The SMILES string of the molecule is CC.O=C(O)CC1=CC(=O)OC1=O. The highest BCUT2D eigenvalue weighted by Crippen LogP contribution is 2.11. The van der Waals surface area contributed by atoms with E-state index < -0.39 is 24.3 Å². The van der Waals surface area contributed by atoms with Gasteiger partial charge in [0.1, 0.15) is 0 Å². The molecule has 1 rings (SSSR count). The van der Waals surface area contributed by atoms with Crippen molar-refractivity contribution in [2.75, 3.05) is 0 Å². The minimum absolute atomic E-state index is 0.109. The first kappa shape index (κ1) is 11.4. The minimum Gasteiger partial charge on any atom is -0.481 e. The van der Waals surface area contributed by atoms with Crippen LogP contribution < -0.4 is 0 Å². The third kappa shape index (κ3) is 3.50. The van der Waals surface area contributed by atoms with Crippen LogP contribution in [-0.2, 0) is 19.1 Å². The normalized spacial score (nSPS) is 14.2. The molecule has 72 valence electrons. The smallest absolute Gasteiger partial charge is 0.342 e. The zero-order chi connectivity index (χ0) is 10.4. The van der Waals surface area contributed by atoms with Crippen molar-refractivity contribution in [3.8, 4) is 0 Å². The lowest BCUT2D eigenvalue weighted by Crippen LogP contribution is -2.05. The highest BCUT2D eigenvalue weighted by Gasteiger charge is 2.24. The number of hydrogen-bond acceptors (Lipinski definition) is 4. The van der Waals surface area contributed by atoms with Gasteiger partial charge < -0.3 is 9.84 Å². The van der Waals surface area contributed by atoms with E-state index in [1.165, 1.54) is 0 Å². The van der Waals surface area contributed by atoms with Crippen LogP contribution in [0.5, 0.6) is 0 Å². The van der Waals surface area contributed by atoms with Crippen LogP contribution in [0.4, 0.5) is 0 Å². The maximum absolute atomic E-state index is 10.5. The average Bonchev–Trinajstić information content (AvgIpc) is 2.33. The number of ether oxygens (including phenoxy) is 1. The summed E-state index contributed by atoms with van der Waals surface area (Å²) in [6.45, 7) is 4.00. The molecule has 0 amide bonds. The van der Waals surface area contributed by atoms with Crippen LogP contribution in [0.25, 0.3) is 0 Å². The van der Waals surface area contributed by atoms with Gasteiger partial charge in [-0.2, -0.15) is 0 Å². The predicted octanol–water partition coefficient (Wildman–Crippen LogP) is 0.497. The number of hydrogen-bond donors (Lipinski definition) is 1. The van der Waals surface area contributed by atoms with Crippen LogP contribution in [-0.4, -0.2) is 23.0 Å². The van der Waals surface area contributed by atoms with Gasteiger partial charge in [-0.3, -0.25) is 4.79 Å². The van der Waals surface area contributed by atoms with Crippen LogP contribution in [0.15, 0.2) is 11.6 Å². The summed E-state index contributed by atoms with van der Waals surface area (Å²) < 4.78 is 4.04. The molecule has 0 saturated heterocycles. The minimum atomic E-state index is -1.16. The van der Waals surface area contributed by atoms with Crippen LogP contribution in [0.1, 0.15) is 20.3 Å². The molecule has 0 aromatic rings. The summed E-state index contributed by atoms with van der Waals surface area (Å²) >= 11 is 0. The molecular formula is C8H10O5. The second kappa shape index (κ2) is 5.08. The van der Waals surface area contributed by atoms with E-state index in [1.54, 1.807) is 0 Å². The molecule has 0 aliphatic carbocycles. The van der Waals surface area contributed by atoms with Gasteiger partial charge in [0, 0.05) is 6.08 Å². The van der Waals surface area contributed by atoms with Crippen molar-refractivity contribution in [1.82, 2.24) is 0 Å². The molecule has 0 spiro atoms. The quantitative estimate of drug-likeness (QED) is 0.501. The first-order chi connectivity index (χ1) is 6.09. The lowest BCUT2D eigenvalue weighted by molar-refractivity contribution is -0.151. The third-order valence-corrected chi connectivity index (χ3v) is 1.09. The summed E-state index contributed by atoms with van der Waals surface area (Å²) in [4.78, 5) is 30.9. The fraction of sp³-hybridized carbons (Fsp3) is 0.375. The van der Waals surface area contributed by atoms with Crippen molar-refractivity contribution in [2.45, 2.75) is 20.3 Å². The Balaban J connectivity index is 0.000000671. The van der Waals surface area contributed by atoms with Crippen molar-refractivity contribution >= 4 is 17.9 Å². The highest BCUT2D eigenvalue weighted by molar-refractivity contribution is 6.10. The second-order valence-electron chi connectivity index (χ2n) is 1.95. The fourth-order valence-electron chi connectivity index (χ4n) is 0.674. The van der Waals surface area contributed by atoms with Crippen LogP contribution >= 0.6 is 0 Å². The predicted molar refractivity (Wildman–Crippen MR) is 42.8 cm³/mol. The summed E-state index contributed by atoms with van der Waals surface area (Å²) in [6.07, 6.45) is 0.418. The van der Waals surface area contributed by atoms with E-state index >= 15 is 0 Å². The fourth-order valence-corrected chi connectivity index (χ4v) is 0.674. The molecule has 1 aliphatic heterocycles. The van der Waals surface area contributed by atoms with E-state index in [-0.39, 0.29) is 5.57 Å². The van der Waals surface area contributed by atoms with E-state index in [0.29, 0.717) is 0 Å². The molecule has 5 heteroatoms. The Morgan fingerprint density at radius 3 is 2.31 bits per heavy atom. The Morgan fingerprint density at radius 1 is 1.46 bits per heavy atom. The van der Waals surface area contributed by atoms with E-state index in [4.69, 9.17) is 5.11 Å². The molecule has 5 nitrogen and oxygen atoms in total. The number of carbonyl (C=O) groups excluding carboxylic acids is 2. The van der Waals surface area contributed by atoms with E-state index in [2.05, 4.69) is 4.74 Å². The standard InChI is InChI=1S/C6H4O5.C2H6/c7-4(8)1-3-2-5(9)11-6(3)10;1-2/h2H,1H2,(H,7,8);1-2H3. The Kier molecular flexibility index (Phi) is 4.43. The van der Waals surface area contributed by atoms with Gasteiger partial charge in [0.05, 0.1) is 12.0 Å². The molecule has 0 atom stereocenters. The number of carboxylic acids is 1. The summed E-state index contributed by atoms with van der Waals surface area (Å²) in [5, 5.41) is 8.22. The Labute approximate surface area is 75.0 Å². The van der Waals surface area contributed by atoms with Gasteiger partial charge in [0.15, 0.2) is 0 Å². The molecule has 1 heterocycles. The van der Waals surface area contributed by atoms with Crippen molar-refractivity contribution < 1.29 is 24.2 Å². The number of cyclic esters (lactones) is 2. The van der Waals surface area contributed by atoms with Gasteiger partial charge in [-0.25, -0.2) is 9.59 Å². The molecule has 0 fully saturated rings. The monoisotopic (exact) mass is 186 g/mol. The number of aliphatic carboxylic acids is 1. The molecular weight excluding hydrogens is 176 g/mol. The topological polar surface area (TPSA) is 80.7 Å². The maximum atomic E-state index is 10.5. The molecule has 0 aromatic carbocycles. The van der Waals surface area contributed by atoms with Gasteiger partial charge in [-0.05, 0) is 0 Å². The summed E-state index contributed by atoms with van der Waals surface area (Å²) in [5.41, 5.74) is -0.109. The molecule has 1 N–H and O–H groups in total. The van der Waals surface area contributed by atoms with E-state index in [1.807, 2.05) is 13.8 Å². The van der Waals surface area contributed by atoms with Crippen molar-refractivity contribution in [3.05, 3.63) is 11.6 Å². The van der Waals surface area contributed by atoms with E-state index in [9.17, 15) is 14.4 Å². The zero-order valence-corrected chi connectivity index (χ0v) is 7.36. The zero-order valence-electron chi connectivity index (χ0n) is 7.36. The molecule has 13 heavy (non-hydrogen) atoms. The van der Waals surface area contributed by atoms with Gasteiger partial charge in [-0.15, -0.1) is 0 Å². The van der Waals surface area contributed by atoms with Crippen molar-refractivity contribution in [2.24, 2.45) is 0 Å². The van der Waals surface area contributed by atoms with Crippen molar-refractivity contribution in [1.29, 1.82) is 0 Å². The molecule has 0 saturated carbocycles. The van der Waals surface area contributed by atoms with Gasteiger partial charge >= 0.3 is 17.9 Å². The molecule has 1 aliphatic rings. The Hall–Kier alpha value is -1.65. The largest absolute Gasteiger partial charge is 0.481 e. The molecule has 0 unspecified atom stereocenters. The lowest BCUT2D eigenvalue weighted by atomic mass is 10.2. The summed E-state index contributed by atoms with van der Waals surface area (Å²) in [6, 6.07) is 0. The van der Waals surface area contributed by atoms with Crippen molar-refractivity contribution in [3.63, 3.8) is 0 Å². The Bertz CT molecular complexity index is 264. The summed E-state index contributed by atoms with van der Waals surface area (Å²) in [7, 11) is 0. The summed E-state index contributed by atoms with van der Waals surface area (Å²) in [5.74, 6) is -2.83. The van der Waals surface area contributed by atoms with Crippen LogP contribution in [0.3, 0.4) is 0 Å². The number of carboxylic acid groups (broad SMARTS) is 1.